The Labute approximate surface area is 182 Å². The molecule has 0 fully saturated rings. The summed E-state index contributed by atoms with van der Waals surface area (Å²) in [5, 5.41) is 75.4. The van der Waals surface area contributed by atoms with Crippen molar-refractivity contribution in [3.05, 3.63) is 0 Å². The second-order valence-electron chi connectivity index (χ2n) is 3.85. The molecule has 0 spiro atoms. The van der Waals surface area contributed by atoms with Crippen molar-refractivity contribution in [3.63, 3.8) is 0 Å². The Balaban J connectivity index is -0.0000000248. The van der Waals surface area contributed by atoms with Crippen LogP contribution in [0.1, 0.15) is 27.7 Å². The third kappa shape index (κ3) is 76.0. The maximum absolute atomic E-state index is 9.56. The summed E-state index contributed by atoms with van der Waals surface area (Å²) >= 11 is 0. The van der Waals surface area contributed by atoms with Crippen LogP contribution in [0.4, 0.5) is 0 Å². The van der Waals surface area contributed by atoms with Crippen LogP contribution in [-0.2, 0) is 40.9 Å². The normalized spacial score (nSPS) is 11.3. The van der Waals surface area contributed by atoms with Gasteiger partial charge in [0.1, 0.15) is 0 Å². The molecule has 0 aromatic carbocycles. The summed E-state index contributed by atoms with van der Waals surface area (Å²) in [4.78, 5) is 37.1. The molecular formula is C12H32N4O12Ti. The van der Waals surface area contributed by atoms with Crippen LogP contribution >= 0.6 is 0 Å². The first-order valence-electron chi connectivity index (χ1n) is 6.04. The smallest absolute Gasteiger partial charge is 0.848 e. The zero-order chi connectivity index (χ0) is 20.6. The number of hydrogen-bond donors (Lipinski definition) is 4. The summed E-state index contributed by atoms with van der Waals surface area (Å²) in [6.07, 6.45) is -6.37. The molecule has 0 aliphatic carbocycles. The van der Waals surface area contributed by atoms with Crippen molar-refractivity contribution in [1.29, 1.82) is 0 Å². The summed E-state index contributed by atoms with van der Waals surface area (Å²) in [6, 6.07) is 0. The Morgan fingerprint density at radius 1 is 0.448 bits per heavy atom. The second kappa shape index (κ2) is 33.8. The molecule has 0 aliphatic heterocycles. The van der Waals surface area contributed by atoms with E-state index in [9.17, 15) is 60.0 Å². The Morgan fingerprint density at radius 3 is 0.483 bits per heavy atom. The number of carboxylic acids is 4. The largest absolute Gasteiger partial charge is 4.00 e. The van der Waals surface area contributed by atoms with E-state index in [-0.39, 0.29) is 46.3 Å². The van der Waals surface area contributed by atoms with E-state index in [1.165, 1.54) is 0 Å². The predicted molar refractivity (Wildman–Crippen MR) is 81.8 cm³/mol. The molecule has 0 bridgehead atoms. The molecule has 0 aromatic rings. The standard InChI is InChI=1S/4C3H5O3.4H3N.Ti/c4*1-2(4)3(5)6;;;;;/h4*2H,1H3,(H,5,6);4*1H3;/q4*-1;;;;;+4. The van der Waals surface area contributed by atoms with Crippen molar-refractivity contribution in [2.75, 3.05) is 0 Å². The average Bonchev–Trinajstić information content (AvgIpc) is 2.40. The minimum atomic E-state index is -1.59. The molecule has 4 atom stereocenters. The third-order valence-electron chi connectivity index (χ3n) is 1.33. The fourth-order valence-electron chi connectivity index (χ4n) is 0. The second-order valence-corrected chi connectivity index (χ2v) is 3.85. The number of carbonyl (C=O) groups excluding carboxylic acids is 4. The molecular weight excluding hydrogens is 440 g/mol. The molecule has 0 heterocycles. The number of quaternary nitrogens is 4. The molecule has 176 valence electrons. The van der Waals surface area contributed by atoms with Crippen LogP contribution in [0.2, 0.25) is 0 Å². The van der Waals surface area contributed by atoms with Gasteiger partial charge in [-0.2, -0.15) is 0 Å². The van der Waals surface area contributed by atoms with E-state index >= 15 is 0 Å². The minimum absolute atomic E-state index is 0. The van der Waals surface area contributed by atoms with Gasteiger partial charge in [-0.15, -0.1) is 0 Å². The van der Waals surface area contributed by atoms with Crippen molar-refractivity contribution in [1.82, 2.24) is 24.6 Å². The Morgan fingerprint density at radius 2 is 0.483 bits per heavy atom. The van der Waals surface area contributed by atoms with Gasteiger partial charge in [0.05, 0.1) is 0 Å². The number of carboxylic acid groups (broad SMARTS) is 4. The van der Waals surface area contributed by atoms with Gasteiger partial charge in [0.15, 0.2) is 0 Å². The molecule has 0 amide bonds. The van der Waals surface area contributed by atoms with Gasteiger partial charge in [-0.25, -0.2) is 0 Å². The molecule has 0 aromatic heterocycles. The Bertz CT molecular complexity index is 323. The SMILES string of the molecule is CC([O-])C(=O)[O-].CC([O-])C(=O)[O-].CC([O-])C(=O)[O-].CC([O-])C(=O)[O-].[NH4+].[NH4+].[NH4+].[NH4+].[Ti+4]. The first kappa shape index (κ1) is 56.4. The maximum Gasteiger partial charge on any atom is 4.00 e. The van der Waals surface area contributed by atoms with Crippen LogP contribution in [0.15, 0.2) is 0 Å². The number of rotatable bonds is 4. The molecule has 0 aliphatic rings. The molecule has 0 rings (SSSR count). The van der Waals surface area contributed by atoms with E-state index in [0.717, 1.165) is 27.7 Å². The predicted octanol–water partition coefficient (Wildman–Crippen LogP) is -8.56. The van der Waals surface area contributed by atoms with Crippen LogP contribution in [0.3, 0.4) is 0 Å². The van der Waals surface area contributed by atoms with Gasteiger partial charge < -0.3 is 84.6 Å². The van der Waals surface area contributed by atoms with Crippen LogP contribution < -0.4 is 65.5 Å². The van der Waals surface area contributed by atoms with Crippen LogP contribution in [0, 0.1) is 0 Å². The summed E-state index contributed by atoms with van der Waals surface area (Å²) in [5.74, 6) is -6.19. The van der Waals surface area contributed by atoms with Gasteiger partial charge in [-0.05, 0) is 0 Å². The number of hydrogen-bond acceptors (Lipinski definition) is 12. The summed E-state index contributed by atoms with van der Waals surface area (Å²) < 4.78 is 0. The van der Waals surface area contributed by atoms with E-state index in [2.05, 4.69) is 0 Å². The molecule has 16 N–H and O–H groups in total. The van der Waals surface area contributed by atoms with Gasteiger partial charge in [0.2, 0.25) is 0 Å². The van der Waals surface area contributed by atoms with Crippen molar-refractivity contribution in [3.8, 4) is 0 Å². The molecule has 16 nitrogen and oxygen atoms in total. The summed E-state index contributed by atoms with van der Waals surface area (Å²) in [7, 11) is 0. The van der Waals surface area contributed by atoms with Crippen molar-refractivity contribution >= 4 is 23.9 Å². The van der Waals surface area contributed by atoms with Crippen molar-refractivity contribution < 1.29 is 81.7 Å². The van der Waals surface area contributed by atoms with E-state index in [1.807, 2.05) is 0 Å². The Kier molecular flexibility index (Phi) is 65.8. The topological polar surface area (TPSA) is 399 Å². The quantitative estimate of drug-likeness (QED) is 0.277. The van der Waals surface area contributed by atoms with E-state index in [1.54, 1.807) is 0 Å². The maximum atomic E-state index is 9.56. The minimum Gasteiger partial charge on any atom is -0.848 e. The van der Waals surface area contributed by atoms with Crippen LogP contribution in [0.25, 0.3) is 0 Å². The van der Waals surface area contributed by atoms with Gasteiger partial charge >= 0.3 is 21.7 Å². The molecule has 4 unspecified atom stereocenters. The van der Waals surface area contributed by atoms with Crippen LogP contribution in [-0.4, -0.2) is 48.3 Å². The third-order valence-corrected chi connectivity index (χ3v) is 1.33. The number of aliphatic carboxylic acids is 4. The molecule has 0 saturated carbocycles. The fraction of sp³-hybridized carbons (Fsp3) is 0.667. The van der Waals surface area contributed by atoms with E-state index < -0.39 is 48.3 Å². The first-order valence-corrected chi connectivity index (χ1v) is 6.04. The van der Waals surface area contributed by atoms with E-state index in [0.29, 0.717) is 0 Å². The molecule has 29 heavy (non-hydrogen) atoms. The summed E-state index contributed by atoms with van der Waals surface area (Å²) in [5.41, 5.74) is 0. The zero-order valence-electron chi connectivity index (χ0n) is 17.7. The monoisotopic (exact) mass is 472 g/mol. The average molecular weight is 472 g/mol. The fourth-order valence-corrected chi connectivity index (χ4v) is 0. The zero-order valence-corrected chi connectivity index (χ0v) is 19.3. The molecule has 0 radical (unpaired) electrons. The summed E-state index contributed by atoms with van der Waals surface area (Å²) in [6.45, 7) is 4.09. The van der Waals surface area contributed by atoms with Gasteiger partial charge in [0, 0.05) is 23.9 Å². The van der Waals surface area contributed by atoms with Crippen molar-refractivity contribution in [2.45, 2.75) is 52.1 Å². The van der Waals surface area contributed by atoms with Crippen molar-refractivity contribution in [2.24, 2.45) is 0 Å². The number of carbonyl (C=O) groups is 4. The molecule has 17 heteroatoms. The van der Waals surface area contributed by atoms with E-state index in [4.69, 9.17) is 0 Å². The van der Waals surface area contributed by atoms with Gasteiger partial charge in [-0.3, -0.25) is 0 Å². The molecule has 0 saturated heterocycles. The van der Waals surface area contributed by atoms with Crippen LogP contribution in [0.5, 0.6) is 0 Å². The Hall–Kier alpha value is -1.73. The van der Waals surface area contributed by atoms with Gasteiger partial charge in [0.25, 0.3) is 0 Å². The van der Waals surface area contributed by atoms with Gasteiger partial charge in [-0.1, -0.05) is 52.1 Å². The first-order chi connectivity index (χ1) is 10.6.